The van der Waals surface area contributed by atoms with Crippen molar-refractivity contribution in [2.24, 2.45) is 5.92 Å². The molecule has 3 rings (SSSR count). The van der Waals surface area contributed by atoms with Crippen LogP contribution in [0.2, 0.25) is 0 Å². The van der Waals surface area contributed by atoms with E-state index >= 15 is 0 Å². The lowest BCUT2D eigenvalue weighted by atomic mass is 9.82. The zero-order chi connectivity index (χ0) is 21.0. The molecule has 1 unspecified atom stereocenters. The summed E-state index contributed by atoms with van der Waals surface area (Å²) in [6.07, 6.45) is 10.9. The van der Waals surface area contributed by atoms with Crippen LogP contribution in [0, 0.1) is 17.2 Å². The highest BCUT2D eigenvalue weighted by molar-refractivity contribution is 5.32. The van der Waals surface area contributed by atoms with Crippen molar-refractivity contribution in [1.82, 2.24) is 9.97 Å². The highest BCUT2D eigenvalue weighted by atomic mass is 14.9. The first-order valence-corrected chi connectivity index (χ1v) is 11.1. The fourth-order valence-electron chi connectivity index (χ4n) is 3.88. The summed E-state index contributed by atoms with van der Waals surface area (Å²) in [7, 11) is 0. The van der Waals surface area contributed by atoms with Gasteiger partial charge in [0, 0.05) is 30.7 Å². The van der Waals surface area contributed by atoms with Crippen LogP contribution in [0.15, 0.2) is 73.1 Å². The summed E-state index contributed by atoms with van der Waals surface area (Å²) in [5.41, 5.74) is 3.73. The van der Waals surface area contributed by atoms with E-state index in [0.29, 0.717) is 0 Å². The van der Waals surface area contributed by atoms with E-state index in [1.807, 2.05) is 24.5 Å². The van der Waals surface area contributed by atoms with Crippen molar-refractivity contribution >= 4 is 0 Å². The van der Waals surface area contributed by atoms with Crippen LogP contribution >= 0.6 is 0 Å². The SMILES string of the molecule is CCCCCc1cnc(CCC(C#N)CC(c2ccccc2)c2ccccc2)nc1. The van der Waals surface area contributed by atoms with E-state index in [-0.39, 0.29) is 11.8 Å². The van der Waals surface area contributed by atoms with Crippen molar-refractivity contribution in [3.8, 4) is 6.07 Å². The molecule has 0 N–H and O–H groups in total. The van der Waals surface area contributed by atoms with Gasteiger partial charge in [-0.05, 0) is 42.4 Å². The molecule has 3 aromatic rings. The number of hydrogen-bond donors (Lipinski definition) is 0. The van der Waals surface area contributed by atoms with Gasteiger partial charge >= 0.3 is 0 Å². The fraction of sp³-hybridized carbons (Fsp3) is 0.370. The second-order valence-corrected chi connectivity index (χ2v) is 7.94. The van der Waals surface area contributed by atoms with Crippen molar-refractivity contribution in [2.45, 2.75) is 57.8 Å². The molecule has 2 aromatic carbocycles. The van der Waals surface area contributed by atoms with E-state index in [0.717, 1.165) is 31.5 Å². The van der Waals surface area contributed by atoms with Crippen LogP contribution in [0.5, 0.6) is 0 Å². The molecule has 1 heterocycles. The Morgan fingerprint density at radius 1 is 0.833 bits per heavy atom. The second-order valence-electron chi connectivity index (χ2n) is 7.94. The number of hydrogen-bond acceptors (Lipinski definition) is 3. The highest BCUT2D eigenvalue weighted by Gasteiger charge is 2.20. The van der Waals surface area contributed by atoms with Crippen molar-refractivity contribution in [3.05, 3.63) is 95.6 Å². The third-order valence-corrected chi connectivity index (χ3v) is 5.65. The number of aromatic nitrogens is 2. The minimum Gasteiger partial charge on any atom is -0.241 e. The normalized spacial score (nSPS) is 11.9. The second kappa shape index (κ2) is 11.9. The van der Waals surface area contributed by atoms with E-state index in [2.05, 4.69) is 71.5 Å². The maximum Gasteiger partial charge on any atom is 0.128 e. The molecule has 0 aliphatic carbocycles. The van der Waals surface area contributed by atoms with Crippen LogP contribution < -0.4 is 0 Å². The largest absolute Gasteiger partial charge is 0.241 e. The Balaban J connectivity index is 1.62. The van der Waals surface area contributed by atoms with Crippen molar-refractivity contribution in [3.63, 3.8) is 0 Å². The Hall–Kier alpha value is -2.99. The molecular weight excluding hydrogens is 366 g/mol. The summed E-state index contributed by atoms with van der Waals surface area (Å²) in [5.74, 6) is 1.02. The van der Waals surface area contributed by atoms with Gasteiger partial charge in [-0.25, -0.2) is 9.97 Å². The molecule has 0 radical (unpaired) electrons. The third kappa shape index (κ3) is 6.52. The van der Waals surface area contributed by atoms with Gasteiger partial charge in [-0.15, -0.1) is 0 Å². The number of nitriles is 1. The first kappa shape index (κ1) is 21.7. The Morgan fingerprint density at radius 3 is 1.97 bits per heavy atom. The minimum absolute atomic E-state index is 0.0387. The Bertz CT molecular complexity index is 859. The molecule has 0 aliphatic heterocycles. The topological polar surface area (TPSA) is 49.6 Å². The molecule has 0 saturated carbocycles. The lowest BCUT2D eigenvalue weighted by Gasteiger charge is -2.21. The summed E-state index contributed by atoms with van der Waals surface area (Å²) in [4.78, 5) is 9.08. The molecule has 1 atom stereocenters. The Labute approximate surface area is 180 Å². The van der Waals surface area contributed by atoms with E-state index in [1.165, 1.54) is 36.0 Å². The first-order valence-electron chi connectivity index (χ1n) is 11.1. The van der Waals surface area contributed by atoms with Gasteiger partial charge in [0.2, 0.25) is 0 Å². The minimum atomic E-state index is -0.0387. The van der Waals surface area contributed by atoms with Gasteiger partial charge in [0.05, 0.1) is 6.07 Å². The monoisotopic (exact) mass is 397 g/mol. The molecule has 154 valence electrons. The Kier molecular flexibility index (Phi) is 8.60. The summed E-state index contributed by atoms with van der Waals surface area (Å²) >= 11 is 0. The van der Waals surface area contributed by atoms with Gasteiger partial charge in [0.1, 0.15) is 5.82 Å². The predicted octanol–water partition coefficient (Wildman–Crippen LogP) is 6.50. The molecule has 0 aliphatic rings. The number of nitrogens with zero attached hydrogens (tertiary/aromatic N) is 3. The number of unbranched alkanes of at least 4 members (excludes halogenated alkanes) is 2. The van der Waals surface area contributed by atoms with Crippen LogP contribution in [0.3, 0.4) is 0 Å². The van der Waals surface area contributed by atoms with E-state index in [9.17, 15) is 5.26 Å². The van der Waals surface area contributed by atoms with Crippen LogP contribution in [0.25, 0.3) is 0 Å². The van der Waals surface area contributed by atoms with E-state index in [4.69, 9.17) is 0 Å². The van der Waals surface area contributed by atoms with Crippen molar-refractivity contribution < 1.29 is 0 Å². The van der Waals surface area contributed by atoms with Gasteiger partial charge in [0.25, 0.3) is 0 Å². The summed E-state index contributed by atoms with van der Waals surface area (Å²) < 4.78 is 0. The molecule has 0 fully saturated rings. The highest BCUT2D eigenvalue weighted by Crippen LogP contribution is 2.32. The van der Waals surface area contributed by atoms with E-state index in [1.54, 1.807) is 0 Å². The fourth-order valence-corrected chi connectivity index (χ4v) is 3.88. The van der Waals surface area contributed by atoms with Crippen molar-refractivity contribution in [2.75, 3.05) is 0 Å². The molecular formula is C27H31N3. The maximum absolute atomic E-state index is 9.82. The van der Waals surface area contributed by atoms with Gasteiger partial charge in [-0.1, -0.05) is 80.4 Å². The first-order chi connectivity index (χ1) is 14.8. The molecule has 3 nitrogen and oxygen atoms in total. The molecule has 30 heavy (non-hydrogen) atoms. The van der Waals surface area contributed by atoms with Gasteiger partial charge < -0.3 is 0 Å². The number of rotatable bonds is 11. The van der Waals surface area contributed by atoms with Crippen LogP contribution in [-0.4, -0.2) is 9.97 Å². The van der Waals surface area contributed by atoms with Crippen molar-refractivity contribution in [1.29, 1.82) is 5.26 Å². The van der Waals surface area contributed by atoms with E-state index < -0.39 is 0 Å². The molecule has 0 spiro atoms. The van der Waals surface area contributed by atoms with Gasteiger partial charge in [0.15, 0.2) is 0 Å². The quantitative estimate of drug-likeness (QED) is 0.347. The maximum atomic E-state index is 9.82. The standard InChI is InChI=1S/C27H31N3/c1-2-3-6-11-23-20-29-27(30-21-23)17-16-22(19-28)18-26(24-12-7-4-8-13-24)25-14-9-5-10-15-25/h4-5,7-10,12-15,20-22,26H,2-3,6,11,16-18H2,1H3. The molecule has 1 aromatic heterocycles. The summed E-state index contributed by atoms with van der Waals surface area (Å²) in [5, 5.41) is 9.82. The molecule has 3 heteroatoms. The average molecular weight is 398 g/mol. The summed E-state index contributed by atoms with van der Waals surface area (Å²) in [6.45, 7) is 2.21. The molecule has 0 bridgehead atoms. The Morgan fingerprint density at radius 2 is 1.43 bits per heavy atom. The molecule has 0 saturated heterocycles. The zero-order valence-electron chi connectivity index (χ0n) is 17.9. The average Bonchev–Trinajstić information content (AvgIpc) is 2.81. The smallest absolute Gasteiger partial charge is 0.128 e. The number of benzene rings is 2. The zero-order valence-corrected chi connectivity index (χ0v) is 17.9. The lowest BCUT2D eigenvalue weighted by Crippen LogP contribution is -2.10. The number of aryl methyl sites for hydroxylation is 2. The lowest BCUT2D eigenvalue weighted by molar-refractivity contribution is 0.515. The van der Waals surface area contributed by atoms with Crippen LogP contribution in [0.1, 0.15) is 67.5 Å². The van der Waals surface area contributed by atoms with Gasteiger partial charge in [-0.3, -0.25) is 0 Å². The third-order valence-electron chi connectivity index (χ3n) is 5.65. The predicted molar refractivity (Wildman–Crippen MR) is 122 cm³/mol. The van der Waals surface area contributed by atoms with Gasteiger partial charge in [-0.2, -0.15) is 5.26 Å². The molecule has 0 amide bonds. The van der Waals surface area contributed by atoms with Crippen LogP contribution in [0.4, 0.5) is 0 Å². The van der Waals surface area contributed by atoms with Crippen LogP contribution in [-0.2, 0) is 12.8 Å². The summed E-state index contributed by atoms with van der Waals surface area (Å²) in [6, 6.07) is 23.5.